The average molecular weight is 444 g/mol. The molecule has 0 bridgehead atoms. The quantitative estimate of drug-likeness (QED) is 0.729. The van der Waals surface area contributed by atoms with Crippen LogP contribution in [-0.4, -0.2) is 48.4 Å². The number of likely N-dealkylation sites (tertiary alicyclic amines) is 1. The molecule has 2 aliphatic heterocycles. The van der Waals surface area contributed by atoms with E-state index in [0.29, 0.717) is 36.3 Å². The summed E-state index contributed by atoms with van der Waals surface area (Å²) >= 11 is 0. The molecule has 8 heteroatoms. The molecule has 1 amide bonds. The maximum atomic E-state index is 13.2. The zero-order chi connectivity index (χ0) is 22.6. The van der Waals surface area contributed by atoms with Crippen molar-refractivity contribution in [2.24, 2.45) is 0 Å². The molecule has 0 aromatic heterocycles. The summed E-state index contributed by atoms with van der Waals surface area (Å²) < 4.78 is 32.4. The number of sulfone groups is 1. The highest BCUT2D eigenvalue weighted by molar-refractivity contribution is 7.91. The molecule has 2 aliphatic rings. The zero-order valence-corrected chi connectivity index (χ0v) is 18.5. The zero-order valence-electron chi connectivity index (χ0n) is 17.7. The van der Waals surface area contributed by atoms with Gasteiger partial charge in [0.1, 0.15) is 17.5 Å². The highest BCUT2D eigenvalue weighted by atomic mass is 32.2. The predicted octanol–water partition coefficient (Wildman–Crippen LogP) is 2.92. The number of carbonyl (C=O) groups excluding carboxylic acids is 2. The van der Waals surface area contributed by atoms with Gasteiger partial charge in [0.15, 0.2) is 5.78 Å². The van der Waals surface area contributed by atoms with Gasteiger partial charge in [-0.25, -0.2) is 8.42 Å². The van der Waals surface area contributed by atoms with Crippen molar-refractivity contribution in [1.82, 2.24) is 4.90 Å². The van der Waals surface area contributed by atoms with Gasteiger partial charge in [-0.15, -0.1) is 0 Å². The van der Waals surface area contributed by atoms with Gasteiger partial charge in [-0.3, -0.25) is 9.59 Å². The summed E-state index contributed by atoms with van der Waals surface area (Å²) in [6.45, 7) is 5.41. The topological polar surface area (TPSA) is 101 Å². The smallest absolute Gasteiger partial charge is 0.223 e. The van der Waals surface area contributed by atoms with Crippen LogP contribution in [0.15, 0.2) is 52.3 Å². The van der Waals surface area contributed by atoms with Crippen LogP contribution in [0.2, 0.25) is 0 Å². The van der Waals surface area contributed by atoms with Crippen LogP contribution in [0.5, 0.6) is 5.75 Å². The Morgan fingerprint density at radius 2 is 1.77 bits per heavy atom. The van der Waals surface area contributed by atoms with Crippen LogP contribution in [0.4, 0.5) is 0 Å². The summed E-state index contributed by atoms with van der Waals surface area (Å²) in [4.78, 5) is 25.7. The third-order valence-electron chi connectivity index (χ3n) is 6.01. The summed E-state index contributed by atoms with van der Waals surface area (Å²) in [5.74, 6) is 0.233. The fourth-order valence-corrected chi connectivity index (χ4v) is 5.51. The van der Waals surface area contributed by atoms with Crippen LogP contribution in [0.1, 0.15) is 55.6 Å². The Morgan fingerprint density at radius 3 is 2.35 bits per heavy atom. The van der Waals surface area contributed by atoms with Crippen molar-refractivity contribution < 1.29 is 27.9 Å². The van der Waals surface area contributed by atoms with E-state index in [4.69, 9.17) is 4.74 Å². The average Bonchev–Trinajstić information content (AvgIpc) is 3.14. The van der Waals surface area contributed by atoms with Crippen molar-refractivity contribution in [3.8, 4) is 5.75 Å². The lowest BCUT2D eigenvalue weighted by Gasteiger charge is -2.45. The number of hydrogen-bond acceptors (Lipinski definition) is 6. The number of nitrogens with zero attached hydrogens (tertiary/aromatic N) is 1. The molecular formula is C23H25NO6S. The number of fused-ring (bicyclic) bond motifs is 1. The molecule has 0 spiro atoms. The van der Waals surface area contributed by atoms with Gasteiger partial charge in [-0.2, -0.15) is 0 Å². The number of amides is 1. The van der Waals surface area contributed by atoms with Crippen molar-refractivity contribution in [1.29, 1.82) is 0 Å². The molecule has 0 unspecified atom stereocenters. The van der Waals surface area contributed by atoms with Gasteiger partial charge in [0.25, 0.3) is 0 Å². The van der Waals surface area contributed by atoms with E-state index < -0.39 is 27.6 Å². The van der Waals surface area contributed by atoms with Gasteiger partial charge in [0.2, 0.25) is 15.7 Å². The largest absolute Gasteiger partial charge is 0.485 e. The first kappa shape index (κ1) is 21.5. The van der Waals surface area contributed by atoms with Crippen molar-refractivity contribution in [3.05, 3.63) is 53.6 Å². The molecule has 2 heterocycles. The first-order chi connectivity index (χ1) is 14.5. The standard InChI is InChI=1S/C23H25NO6S/c1-14(25)15-6-8-16(9-7-15)31(28,29)17-10-11-19-18(13-17)21(22(27)23(2,3)30-19)24-12-4-5-20(24)26/h6-11,13,21-22,27H,4-5,12H2,1-3H3/t21-,22+/m0/s1. The number of ether oxygens (including phenoxy) is 1. The normalized spacial score (nSPS) is 22.7. The van der Waals surface area contributed by atoms with Crippen molar-refractivity contribution in [3.63, 3.8) is 0 Å². The summed E-state index contributed by atoms with van der Waals surface area (Å²) in [5.41, 5.74) is -0.0389. The second-order valence-corrected chi connectivity index (χ2v) is 10.5. The SMILES string of the molecule is CC(=O)c1ccc(S(=O)(=O)c2ccc3c(c2)[C@H](N2CCCC2=O)[C@@H](O)C(C)(C)O3)cc1. The number of aliphatic hydroxyl groups is 1. The Bertz CT molecular complexity index is 1150. The Hall–Kier alpha value is -2.71. The number of rotatable bonds is 4. The highest BCUT2D eigenvalue weighted by Gasteiger charge is 2.47. The van der Waals surface area contributed by atoms with E-state index in [1.54, 1.807) is 24.8 Å². The van der Waals surface area contributed by atoms with Crippen LogP contribution in [0.25, 0.3) is 0 Å². The predicted molar refractivity (Wildman–Crippen MR) is 113 cm³/mol. The minimum atomic E-state index is -3.87. The minimum Gasteiger partial charge on any atom is -0.485 e. The molecule has 0 saturated carbocycles. The lowest BCUT2D eigenvalue weighted by molar-refractivity contribution is -0.139. The molecule has 1 fully saturated rings. The van der Waals surface area contributed by atoms with Gasteiger partial charge in [0.05, 0.1) is 15.8 Å². The molecule has 1 saturated heterocycles. The van der Waals surface area contributed by atoms with Gasteiger partial charge < -0.3 is 14.7 Å². The summed E-state index contributed by atoms with van der Waals surface area (Å²) in [5, 5.41) is 11.0. The summed E-state index contributed by atoms with van der Waals surface area (Å²) in [6.07, 6.45) is 0.0781. The molecule has 1 N–H and O–H groups in total. The molecule has 164 valence electrons. The second kappa shape index (κ2) is 7.46. The van der Waals surface area contributed by atoms with Crippen LogP contribution in [0.3, 0.4) is 0 Å². The number of ketones is 1. The summed E-state index contributed by atoms with van der Waals surface area (Å²) in [6, 6.07) is 9.60. The fourth-order valence-electron chi connectivity index (χ4n) is 4.22. The van der Waals surface area contributed by atoms with Gasteiger partial charge in [0, 0.05) is 24.1 Å². The molecule has 0 radical (unpaired) electrons. The van der Waals surface area contributed by atoms with E-state index in [2.05, 4.69) is 0 Å². The third kappa shape index (κ3) is 3.64. The van der Waals surface area contributed by atoms with E-state index in [1.165, 1.54) is 43.3 Å². The van der Waals surface area contributed by atoms with E-state index in [1.807, 2.05) is 0 Å². The molecule has 2 aromatic carbocycles. The van der Waals surface area contributed by atoms with Crippen molar-refractivity contribution in [2.75, 3.05) is 6.54 Å². The first-order valence-corrected chi connectivity index (χ1v) is 11.7. The molecule has 2 aromatic rings. The Labute approximate surface area is 181 Å². The number of Topliss-reactive ketones (excluding diaryl/α,β-unsaturated/α-hetero) is 1. The molecule has 0 aliphatic carbocycles. The fraction of sp³-hybridized carbons (Fsp3) is 0.391. The number of carbonyl (C=O) groups is 2. The lowest BCUT2D eigenvalue weighted by atomic mass is 9.85. The molecule has 2 atom stereocenters. The monoisotopic (exact) mass is 443 g/mol. The van der Waals surface area contributed by atoms with Gasteiger partial charge in [-0.05, 0) is 57.5 Å². The van der Waals surface area contributed by atoms with Crippen molar-refractivity contribution >= 4 is 21.5 Å². The number of aliphatic hydroxyl groups excluding tert-OH is 1. The first-order valence-electron chi connectivity index (χ1n) is 10.2. The van der Waals surface area contributed by atoms with Crippen molar-refractivity contribution in [2.45, 2.75) is 61.2 Å². The van der Waals surface area contributed by atoms with Crippen LogP contribution >= 0.6 is 0 Å². The molecule has 4 rings (SSSR count). The highest BCUT2D eigenvalue weighted by Crippen LogP contribution is 2.45. The third-order valence-corrected chi connectivity index (χ3v) is 7.78. The Morgan fingerprint density at radius 1 is 1.13 bits per heavy atom. The van der Waals surface area contributed by atoms with Crippen LogP contribution in [0, 0.1) is 0 Å². The summed E-state index contributed by atoms with van der Waals surface area (Å²) in [7, 11) is -3.87. The number of benzene rings is 2. The number of hydrogen-bond donors (Lipinski definition) is 1. The Kier molecular flexibility index (Phi) is 5.18. The minimum absolute atomic E-state index is 0.0361. The molecule has 31 heavy (non-hydrogen) atoms. The van der Waals surface area contributed by atoms with E-state index in [-0.39, 0.29) is 21.5 Å². The Balaban J connectivity index is 1.80. The second-order valence-electron chi connectivity index (χ2n) is 8.57. The van der Waals surface area contributed by atoms with Crippen LogP contribution < -0.4 is 4.74 Å². The van der Waals surface area contributed by atoms with Gasteiger partial charge in [-0.1, -0.05) is 12.1 Å². The maximum absolute atomic E-state index is 13.2. The van der Waals surface area contributed by atoms with E-state index in [0.717, 1.165) is 0 Å². The lowest BCUT2D eigenvalue weighted by Crippen LogP contribution is -2.53. The molecule has 7 nitrogen and oxygen atoms in total. The van der Waals surface area contributed by atoms with Crippen LogP contribution in [-0.2, 0) is 14.6 Å². The van der Waals surface area contributed by atoms with E-state index >= 15 is 0 Å². The maximum Gasteiger partial charge on any atom is 0.223 e. The molecular weight excluding hydrogens is 418 g/mol. The van der Waals surface area contributed by atoms with Gasteiger partial charge >= 0.3 is 0 Å². The van der Waals surface area contributed by atoms with E-state index in [9.17, 15) is 23.1 Å².